The highest BCUT2D eigenvalue weighted by atomic mass is 16.3. The van der Waals surface area contributed by atoms with Crippen molar-refractivity contribution >= 4 is 5.69 Å². The molecule has 0 spiro atoms. The van der Waals surface area contributed by atoms with Crippen molar-refractivity contribution < 1.29 is 5.11 Å². The van der Waals surface area contributed by atoms with Gasteiger partial charge >= 0.3 is 0 Å². The maximum atomic E-state index is 9.70. The number of allylic oxidation sites excluding steroid dienone is 2. The Bertz CT molecular complexity index is 695. The van der Waals surface area contributed by atoms with Crippen LogP contribution in [0.3, 0.4) is 0 Å². The van der Waals surface area contributed by atoms with Crippen LogP contribution in [0, 0.1) is 11.8 Å². The Morgan fingerprint density at radius 3 is 2.62 bits per heavy atom. The molecule has 0 saturated carbocycles. The van der Waals surface area contributed by atoms with Gasteiger partial charge in [-0.05, 0) is 59.4 Å². The Morgan fingerprint density at radius 1 is 1.23 bits per heavy atom. The predicted octanol–water partition coefficient (Wildman–Crippen LogP) is 6.71. The number of aliphatic hydroxyl groups excluding tert-OH is 1. The van der Waals surface area contributed by atoms with E-state index in [0.29, 0.717) is 29.6 Å². The summed E-state index contributed by atoms with van der Waals surface area (Å²) >= 11 is 0. The van der Waals surface area contributed by atoms with E-state index in [1.165, 1.54) is 36.1 Å². The fourth-order valence-electron chi connectivity index (χ4n) is 4.55. The summed E-state index contributed by atoms with van der Waals surface area (Å²) < 4.78 is 0. The number of nitrogens with one attached hydrogen (secondary N) is 1. The monoisotopic (exact) mass is 353 g/mol. The molecule has 1 heterocycles. The van der Waals surface area contributed by atoms with Gasteiger partial charge in [-0.1, -0.05) is 65.7 Å². The average Bonchev–Trinajstić information content (AvgIpc) is 2.60. The van der Waals surface area contributed by atoms with E-state index in [-0.39, 0.29) is 5.41 Å². The lowest BCUT2D eigenvalue weighted by Gasteiger charge is -2.43. The molecule has 2 nitrogen and oxygen atoms in total. The molecule has 0 saturated heterocycles. The number of hydrogen-bond donors (Lipinski definition) is 2. The van der Waals surface area contributed by atoms with Gasteiger partial charge in [0, 0.05) is 17.6 Å². The van der Waals surface area contributed by atoms with Gasteiger partial charge in [0.15, 0.2) is 0 Å². The molecule has 2 aliphatic rings. The minimum atomic E-state index is 0.180. The summed E-state index contributed by atoms with van der Waals surface area (Å²) in [4.78, 5) is 0. The van der Waals surface area contributed by atoms with Gasteiger partial charge in [0.05, 0.1) is 0 Å². The van der Waals surface area contributed by atoms with E-state index in [2.05, 4.69) is 64.2 Å². The second-order valence-electron chi connectivity index (χ2n) is 9.20. The number of rotatable bonds is 4. The largest absolute Gasteiger partial charge is 0.508 e. The van der Waals surface area contributed by atoms with Crippen molar-refractivity contribution in [2.24, 2.45) is 11.8 Å². The third kappa shape index (κ3) is 3.84. The third-order valence-corrected chi connectivity index (χ3v) is 6.30. The van der Waals surface area contributed by atoms with E-state index in [1.807, 2.05) is 12.2 Å². The second kappa shape index (κ2) is 7.50. The number of unbranched alkanes of at least 4 members (excludes halogenated alkanes) is 1. The molecule has 0 aromatic heterocycles. The van der Waals surface area contributed by atoms with Crippen LogP contribution >= 0.6 is 0 Å². The molecule has 2 heteroatoms. The molecular weight excluding hydrogens is 318 g/mol. The van der Waals surface area contributed by atoms with Gasteiger partial charge in [-0.2, -0.15) is 0 Å². The van der Waals surface area contributed by atoms with E-state index in [9.17, 15) is 5.11 Å². The zero-order valence-corrected chi connectivity index (χ0v) is 17.0. The number of aliphatic hydroxyl groups is 1. The number of anilines is 1. The van der Waals surface area contributed by atoms with Gasteiger partial charge in [0.25, 0.3) is 0 Å². The normalized spacial score (nSPS) is 28.3. The first kappa shape index (κ1) is 19.1. The van der Waals surface area contributed by atoms with E-state index in [4.69, 9.17) is 0 Å². The maximum Gasteiger partial charge on any atom is 0.111 e. The van der Waals surface area contributed by atoms with Gasteiger partial charge in [0.1, 0.15) is 5.76 Å². The van der Waals surface area contributed by atoms with Crippen LogP contribution in [0.25, 0.3) is 0 Å². The number of benzene rings is 1. The molecule has 0 amide bonds. The van der Waals surface area contributed by atoms with Gasteiger partial charge in [-0.3, -0.25) is 0 Å². The van der Waals surface area contributed by atoms with Crippen molar-refractivity contribution in [3.8, 4) is 0 Å². The highest BCUT2D eigenvalue weighted by Gasteiger charge is 2.37. The van der Waals surface area contributed by atoms with Crippen LogP contribution in [0.2, 0.25) is 0 Å². The molecule has 1 aromatic carbocycles. The summed E-state index contributed by atoms with van der Waals surface area (Å²) in [5, 5.41) is 13.6. The first-order chi connectivity index (χ1) is 12.3. The first-order valence-electron chi connectivity index (χ1n) is 10.3. The van der Waals surface area contributed by atoms with Gasteiger partial charge in [-0.15, -0.1) is 0 Å². The van der Waals surface area contributed by atoms with E-state index in [1.54, 1.807) is 0 Å². The molecule has 1 unspecified atom stereocenters. The van der Waals surface area contributed by atoms with Crippen molar-refractivity contribution in [3.63, 3.8) is 0 Å². The van der Waals surface area contributed by atoms with Gasteiger partial charge in [0.2, 0.25) is 0 Å². The fraction of sp³-hybridized carbons (Fsp3) is 0.583. The van der Waals surface area contributed by atoms with Crippen LogP contribution in [0.4, 0.5) is 5.69 Å². The molecule has 3 rings (SSSR count). The summed E-state index contributed by atoms with van der Waals surface area (Å²) in [6.45, 7) is 11.6. The Morgan fingerprint density at radius 2 is 2.00 bits per heavy atom. The van der Waals surface area contributed by atoms with Crippen molar-refractivity contribution in [1.29, 1.82) is 0 Å². The van der Waals surface area contributed by atoms with Gasteiger partial charge in [-0.25, -0.2) is 0 Å². The van der Waals surface area contributed by atoms with Crippen molar-refractivity contribution in [2.45, 2.75) is 77.7 Å². The Balaban J connectivity index is 1.93. The van der Waals surface area contributed by atoms with Crippen LogP contribution in [-0.2, 0) is 5.41 Å². The minimum Gasteiger partial charge on any atom is -0.508 e. The quantitative estimate of drug-likeness (QED) is 0.630. The lowest BCUT2D eigenvalue weighted by molar-refractivity contribution is 0.288. The standard InChI is InChI=1S/C24H35NO/c1-6-7-8-20-16(2)21-15-18(24(3,4)5)11-14-22(21)25-23(20)17-9-12-19(26)13-10-17/h9,11-17,20,23,25-26H,6-8,10H2,1-5H3/t16-,17?,20+,23-/m0/s1. The minimum absolute atomic E-state index is 0.180. The predicted molar refractivity (Wildman–Crippen MR) is 112 cm³/mol. The zero-order valence-electron chi connectivity index (χ0n) is 17.0. The van der Waals surface area contributed by atoms with E-state index < -0.39 is 0 Å². The average molecular weight is 354 g/mol. The zero-order chi connectivity index (χ0) is 18.9. The molecule has 1 aliphatic carbocycles. The summed E-state index contributed by atoms with van der Waals surface area (Å²) in [6.07, 6.45) is 10.7. The highest BCUT2D eigenvalue weighted by molar-refractivity contribution is 5.58. The molecule has 4 atom stereocenters. The van der Waals surface area contributed by atoms with E-state index in [0.717, 1.165) is 6.42 Å². The second-order valence-corrected chi connectivity index (χ2v) is 9.20. The fourth-order valence-corrected chi connectivity index (χ4v) is 4.55. The molecule has 0 fully saturated rings. The summed E-state index contributed by atoms with van der Waals surface area (Å²) in [5.41, 5.74) is 4.38. The molecule has 26 heavy (non-hydrogen) atoms. The molecule has 0 radical (unpaired) electrons. The summed E-state index contributed by atoms with van der Waals surface area (Å²) in [7, 11) is 0. The summed E-state index contributed by atoms with van der Waals surface area (Å²) in [6, 6.07) is 7.44. The van der Waals surface area contributed by atoms with Crippen LogP contribution < -0.4 is 5.32 Å². The molecule has 1 aliphatic heterocycles. The smallest absolute Gasteiger partial charge is 0.111 e. The van der Waals surface area contributed by atoms with Crippen LogP contribution in [0.15, 0.2) is 42.2 Å². The Hall–Kier alpha value is -1.70. The Labute approximate surface area is 159 Å². The molecule has 2 N–H and O–H groups in total. The van der Waals surface area contributed by atoms with E-state index >= 15 is 0 Å². The molecular formula is C24H35NO. The van der Waals surface area contributed by atoms with Crippen molar-refractivity contribution in [1.82, 2.24) is 0 Å². The van der Waals surface area contributed by atoms with Crippen LogP contribution in [0.5, 0.6) is 0 Å². The topological polar surface area (TPSA) is 32.3 Å². The molecule has 142 valence electrons. The summed E-state index contributed by atoms with van der Waals surface area (Å²) in [5.74, 6) is 2.04. The maximum absolute atomic E-state index is 9.70. The number of fused-ring (bicyclic) bond motifs is 1. The van der Waals surface area contributed by atoms with Crippen LogP contribution in [0.1, 0.15) is 77.3 Å². The SMILES string of the molecule is CCCC[C@@H]1[C@H](C)c2cc(C(C)(C)C)ccc2N[C@H]1C1C=CC(O)=CC1. The third-order valence-electron chi connectivity index (χ3n) is 6.30. The number of hydrogen-bond acceptors (Lipinski definition) is 2. The van der Waals surface area contributed by atoms with Crippen molar-refractivity contribution in [2.75, 3.05) is 5.32 Å². The van der Waals surface area contributed by atoms with Gasteiger partial charge < -0.3 is 10.4 Å². The lowest BCUT2D eigenvalue weighted by atomic mass is 9.70. The van der Waals surface area contributed by atoms with Crippen LogP contribution in [-0.4, -0.2) is 11.1 Å². The first-order valence-corrected chi connectivity index (χ1v) is 10.3. The molecule has 1 aromatic rings. The lowest BCUT2D eigenvalue weighted by Crippen LogP contribution is -2.42. The highest BCUT2D eigenvalue weighted by Crippen LogP contribution is 2.45. The van der Waals surface area contributed by atoms with Crippen molar-refractivity contribution in [3.05, 3.63) is 53.3 Å². The Kier molecular flexibility index (Phi) is 5.50. The molecule has 0 bridgehead atoms.